The number of carboxylic acid groups (broad SMARTS) is 1. The highest BCUT2D eigenvalue weighted by atomic mass is 79.9. The number of halogens is 1. The zero-order chi connectivity index (χ0) is 16.0. The molecule has 2 N–H and O–H groups in total. The van der Waals surface area contributed by atoms with Gasteiger partial charge >= 0.3 is 5.97 Å². The Hall–Kier alpha value is -1.82. The lowest BCUT2D eigenvalue weighted by Crippen LogP contribution is -2.40. The largest absolute Gasteiger partial charge is 0.479 e. The van der Waals surface area contributed by atoms with Crippen molar-refractivity contribution in [2.24, 2.45) is 0 Å². The number of nitrogens with one attached hydrogen (secondary N) is 1. The fourth-order valence-electron chi connectivity index (χ4n) is 1.57. The van der Waals surface area contributed by atoms with Gasteiger partial charge in [0.25, 0.3) is 5.91 Å². The molecule has 1 rings (SSSR count). The van der Waals surface area contributed by atoms with E-state index in [0.29, 0.717) is 15.8 Å². The molecule has 1 unspecified atom stereocenters. The monoisotopic (exact) mass is 355 g/mol. The summed E-state index contributed by atoms with van der Waals surface area (Å²) in [6, 6.07) is 5.26. The van der Waals surface area contributed by atoms with Gasteiger partial charge in [-0.15, -0.1) is 0 Å². The van der Waals surface area contributed by atoms with Gasteiger partial charge in [-0.2, -0.15) is 0 Å². The van der Waals surface area contributed by atoms with Gasteiger partial charge in [0, 0.05) is 17.7 Å². The molecule has 0 fully saturated rings. The highest BCUT2D eigenvalue weighted by molar-refractivity contribution is 9.10. The third-order valence-corrected chi connectivity index (χ3v) is 3.12. The molecular formula is C15H18BrNO4. The lowest BCUT2D eigenvalue weighted by Gasteiger charge is -2.18. The second-order valence-corrected chi connectivity index (χ2v) is 5.61. The van der Waals surface area contributed by atoms with Gasteiger partial charge in [-0.3, -0.25) is 4.79 Å². The zero-order valence-corrected chi connectivity index (χ0v) is 13.7. The number of hydrogen-bond acceptors (Lipinski definition) is 3. The van der Waals surface area contributed by atoms with Crippen molar-refractivity contribution in [2.45, 2.75) is 32.9 Å². The molecule has 0 spiro atoms. The van der Waals surface area contributed by atoms with Crippen molar-refractivity contribution in [3.8, 4) is 5.75 Å². The van der Waals surface area contributed by atoms with Gasteiger partial charge in [0.1, 0.15) is 5.75 Å². The summed E-state index contributed by atoms with van der Waals surface area (Å²) in [6.07, 6.45) is 1.76. The fraction of sp³-hybridized carbons (Fsp3) is 0.333. The molecule has 0 saturated carbocycles. The van der Waals surface area contributed by atoms with Crippen LogP contribution in [-0.2, 0) is 9.59 Å². The van der Waals surface area contributed by atoms with Crippen LogP contribution >= 0.6 is 15.9 Å². The Morgan fingerprint density at radius 3 is 2.57 bits per heavy atom. The summed E-state index contributed by atoms with van der Waals surface area (Å²) >= 11 is 3.34. The summed E-state index contributed by atoms with van der Waals surface area (Å²) in [5.41, 5.74) is 0.580. The van der Waals surface area contributed by atoms with Crippen LogP contribution in [0.5, 0.6) is 5.75 Å². The van der Waals surface area contributed by atoms with Crippen LogP contribution in [0.1, 0.15) is 26.3 Å². The molecular weight excluding hydrogens is 338 g/mol. The summed E-state index contributed by atoms with van der Waals surface area (Å²) in [7, 11) is 0. The lowest BCUT2D eigenvalue weighted by molar-refractivity contribution is -0.131. The quantitative estimate of drug-likeness (QED) is 0.769. The van der Waals surface area contributed by atoms with E-state index in [1.54, 1.807) is 25.1 Å². The first kappa shape index (κ1) is 17.2. The highest BCUT2D eigenvalue weighted by Gasteiger charge is 2.18. The van der Waals surface area contributed by atoms with Gasteiger partial charge < -0.3 is 15.2 Å². The number of amides is 1. The maximum absolute atomic E-state index is 11.9. The van der Waals surface area contributed by atoms with Crippen LogP contribution in [0.25, 0.3) is 6.08 Å². The number of rotatable bonds is 6. The normalized spacial score (nSPS) is 12.4. The fourth-order valence-corrected chi connectivity index (χ4v) is 2.05. The average Bonchev–Trinajstić information content (AvgIpc) is 2.38. The number of carbonyl (C=O) groups is 2. The van der Waals surface area contributed by atoms with E-state index in [0.717, 1.165) is 6.08 Å². The van der Waals surface area contributed by atoms with E-state index in [1.165, 1.54) is 6.08 Å². The number of para-hydroxylation sites is 1. The van der Waals surface area contributed by atoms with Crippen LogP contribution in [0.3, 0.4) is 0 Å². The molecule has 1 amide bonds. The number of benzene rings is 1. The topological polar surface area (TPSA) is 75.6 Å². The summed E-state index contributed by atoms with van der Waals surface area (Å²) in [6.45, 7) is 5.37. The summed E-state index contributed by atoms with van der Waals surface area (Å²) < 4.78 is 6.32. The minimum atomic E-state index is -1.05. The molecule has 0 aromatic heterocycles. The van der Waals surface area contributed by atoms with Gasteiger partial charge in [-0.1, -0.05) is 12.1 Å². The third-order valence-electron chi connectivity index (χ3n) is 2.50. The zero-order valence-electron chi connectivity index (χ0n) is 12.1. The van der Waals surface area contributed by atoms with Crippen LogP contribution < -0.4 is 10.1 Å². The number of hydrogen-bond donors (Lipinski definition) is 2. The molecule has 0 aliphatic rings. The Balaban J connectivity index is 2.96. The Morgan fingerprint density at radius 2 is 2.00 bits per heavy atom. The Kier molecular flexibility index (Phi) is 6.42. The number of carboxylic acids is 1. The molecule has 0 saturated heterocycles. The average molecular weight is 356 g/mol. The number of carbonyl (C=O) groups excluding carboxylic acids is 1. The summed E-state index contributed by atoms with van der Waals surface area (Å²) in [5, 5.41) is 11.5. The summed E-state index contributed by atoms with van der Waals surface area (Å²) in [4.78, 5) is 22.5. The number of aliphatic carboxylic acids is 1. The van der Waals surface area contributed by atoms with Gasteiger partial charge in [0.05, 0.1) is 4.47 Å². The predicted octanol–water partition coefficient (Wildman–Crippen LogP) is 2.84. The lowest BCUT2D eigenvalue weighted by atomic mass is 10.2. The molecule has 5 nitrogen and oxygen atoms in total. The molecule has 21 heavy (non-hydrogen) atoms. The van der Waals surface area contributed by atoms with Crippen LogP contribution in [0.4, 0.5) is 0 Å². The number of ether oxygens (including phenoxy) is 1. The van der Waals surface area contributed by atoms with Crippen LogP contribution in [0.15, 0.2) is 28.7 Å². The molecule has 1 atom stereocenters. The first-order valence-electron chi connectivity index (χ1n) is 6.47. The standard InChI is InChI=1S/C15H18BrNO4/c1-9(2)17-15(20)10(3)21-14-11(7-8-13(18)19)5-4-6-12(14)16/h4-10H,1-3H3,(H,17,20)(H,18,19). The maximum atomic E-state index is 11.9. The minimum Gasteiger partial charge on any atom is -0.479 e. The second kappa shape index (κ2) is 7.83. The maximum Gasteiger partial charge on any atom is 0.328 e. The Bertz CT molecular complexity index is 555. The molecule has 6 heteroatoms. The van der Waals surface area contributed by atoms with Gasteiger partial charge in [0.15, 0.2) is 6.10 Å². The molecule has 1 aromatic rings. The van der Waals surface area contributed by atoms with E-state index in [2.05, 4.69) is 21.2 Å². The smallest absolute Gasteiger partial charge is 0.328 e. The van der Waals surface area contributed by atoms with Crippen molar-refractivity contribution >= 4 is 33.9 Å². The minimum absolute atomic E-state index is 0.0224. The van der Waals surface area contributed by atoms with Gasteiger partial charge in [-0.05, 0) is 48.8 Å². The van der Waals surface area contributed by atoms with E-state index in [-0.39, 0.29) is 11.9 Å². The predicted molar refractivity (Wildman–Crippen MR) is 84.2 cm³/mol. The molecule has 1 aromatic carbocycles. The molecule has 0 aliphatic heterocycles. The third kappa shape index (κ3) is 5.59. The first-order chi connectivity index (χ1) is 9.81. The Labute approximate surface area is 132 Å². The molecule has 114 valence electrons. The van der Waals surface area contributed by atoms with Gasteiger partial charge in [0.2, 0.25) is 0 Å². The van der Waals surface area contributed by atoms with Crippen LogP contribution in [-0.4, -0.2) is 29.1 Å². The van der Waals surface area contributed by atoms with Crippen molar-refractivity contribution in [3.63, 3.8) is 0 Å². The SMILES string of the molecule is CC(C)NC(=O)C(C)Oc1c(Br)cccc1C=CC(=O)O. The molecule has 0 radical (unpaired) electrons. The van der Waals surface area contributed by atoms with E-state index in [1.807, 2.05) is 13.8 Å². The van der Waals surface area contributed by atoms with E-state index in [4.69, 9.17) is 9.84 Å². The van der Waals surface area contributed by atoms with Crippen molar-refractivity contribution < 1.29 is 19.4 Å². The summed E-state index contributed by atoms with van der Waals surface area (Å²) in [5.74, 6) is -0.846. The van der Waals surface area contributed by atoms with E-state index < -0.39 is 12.1 Å². The molecule has 0 bridgehead atoms. The van der Waals surface area contributed by atoms with E-state index >= 15 is 0 Å². The first-order valence-corrected chi connectivity index (χ1v) is 7.27. The van der Waals surface area contributed by atoms with Crippen molar-refractivity contribution in [2.75, 3.05) is 0 Å². The highest BCUT2D eigenvalue weighted by Crippen LogP contribution is 2.31. The van der Waals surface area contributed by atoms with Gasteiger partial charge in [-0.25, -0.2) is 4.79 Å². The van der Waals surface area contributed by atoms with Crippen molar-refractivity contribution in [1.29, 1.82) is 0 Å². The van der Waals surface area contributed by atoms with E-state index in [9.17, 15) is 9.59 Å². The van der Waals surface area contributed by atoms with Crippen LogP contribution in [0, 0.1) is 0 Å². The van der Waals surface area contributed by atoms with Crippen molar-refractivity contribution in [3.05, 3.63) is 34.3 Å². The van der Waals surface area contributed by atoms with Crippen LogP contribution in [0.2, 0.25) is 0 Å². The second-order valence-electron chi connectivity index (χ2n) is 4.75. The van der Waals surface area contributed by atoms with Crippen molar-refractivity contribution in [1.82, 2.24) is 5.32 Å². The Morgan fingerprint density at radius 1 is 1.33 bits per heavy atom. The molecule has 0 aliphatic carbocycles. The molecule has 0 heterocycles.